The lowest BCUT2D eigenvalue weighted by molar-refractivity contribution is 0.139. The molecule has 1 heterocycles. The molecule has 1 aromatic heterocycles. The second-order valence-electron chi connectivity index (χ2n) is 4.07. The van der Waals surface area contributed by atoms with E-state index < -0.39 is 0 Å². The van der Waals surface area contributed by atoms with Gasteiger partial charge in [0.15, 0.2) is 0 Å². The van der Waals surface area contributed by atoms with E-state index in [4.69, 9.17) is 21.1 Å². The van der Waals surface area contributed by atoms with Crippen molar-refractivity contribution in [2.45, 2.75) is 26.3 Å². The van der Waals surface area contributed by atoms with E-state index in [9.17, 15) is 0 Å². The van der Waals surface area contributed by atoms with Crippen molar-refractivity contribution in [1.82, 2.24) is 9.55 Å². The molecular formula is C14H19ClN2O2. The molecule has 0 N–H and O–H groups in total. The molecule has 0 fully saturated rings. The third-order valence-electron chi connectivity index (χ3n) is 2.90. The summed E-state index contributed by atoms with van der Waals surface area (Å²) in [5.74, 6) is 2.04. The van der Waals surface area contributed by atoms with Crippen molar-refractivity contribution in [2.75, 3.05) is 19.8 Å². The van der Waals surface area contributed by atoms with Gasteiger partial charge < -0.3 is 14.0 Å². The predicted octanol–water partition coefficient (Wildman–Crippen LogP) is 3.21. The first kappa shape index (κ1) is 14.2. The van der Waals surface area contributed by atoms with E-state index in [0.717, 1.165) is 29.2 Å². The third-order valence-corrected chi connectivity index (χ3v) is 3.14. The Morgan fingerprint density at radius 1 is 1.26 bits per heavy atom. The highest BCUT2D eigenvalue weighted by atomic mass is 35.5. The van der Waals surface area contributed by atoms with Gasteiger partial charge in [0.1, 0.15) is 17.1 Å². The Labute approximate surface area is 118 Å². The molecule has 2 rings (SSSR count). The fraction of sp³-hybridized carbons (Fsp3) is 0.500. The number of para-hydroxylation sites is 1. The minimum Gasteiger partial charge on any atom is -0.492 e. The van der Waals surface area contributed by atoms with E-state index in [1.165, 1.54) is 0 Å². The zero-order valence-electron chi connectivity index (χ0n) is 11.4. The molecule has 0 atom stereocenters. The first-order chi connectivity index (χ1) is 9.31. The van der Waals surface area contributed by atoms with Crippen molar-refractivity contribution in [3.63, 3.8) is 0 Å². The van der Waals surface area contributed by atoms with Gasteiger partial charge >= 0.3 is 0 Å². The molecule has 0 aliphatic heterocycles. The zero-order valence-corrected chi connectivity index (χ0v) is 12.1. The van der Waals surface area contributed by atoms with Gasteiger partial charge in [-0.15, -0.1) is 11.6 Å². The Balaban J connectivity index is 2.40. The van der Waals surface area contributed by atoms with Gasteiger partial charge in [-0.05, 0) is 26.0 Å². The first-order valence-electron chi connectivity index (χ1n) is 6.56. The second-order valence-corrected chi connectivity index (χ2v) is 4.33. The molecule has 0 aliphatic rings. The van der Waals surface area contributed by atoms with E-state index in [2.05, 4.69) is 9.55 Å². The van der Waals surface area contributed by atoms with Crippen LogP contribution in [0.1, 0.15) is 19.7 Å². The zero-order chi connectivity index (χ0) is 13.7. The average Bonchev–Trinajstić information content (AvgIpc) is 2.79. The SMILES string of the molecule is CCOCCn1c(CCl)nc2c(OCC)cccc21. The van der Waals surface area contributed by atoms with E-state index in [0.29, 0.717) is 25.7 Å². The van der Waals surface area contributed by atoms with Gasteiger partial charge in [0, 0.05) is 13.2 Å². The monoisotopic (exact) mass is 282 g/mol. The van der Waals surface area contributed by atoms with Crippen molar-refractivity contribution in [3.8, 4) is 5.75 Å². The molecule has 2 aromatic rings. The maximum atomic E-state index is 5.98. The molecule has 0 spiro atoms. The third kappa shape index (κ3) is 3.01. The minimum absolute atomic E-state index is 0.381. The lowest BCUT2D eigenvalue weighted by Crippen LogP contribution is -2.08. The molecule has 4 nitrogen and oxygen atoms in total. The van der Waals surface area contributed by atoms with Crippen LogP contribution in [0.4, 0.5) is 0 Å². The van der Waals surface area contributed by atoms with Gasteiger partial charge in [-0.25, -0.2) is 4.98 Å². The lowest BCUT2D eigenvalue weighted by atomic mass is 10.3. The van der Waals surface area contributed by atoms with E-state index in [1.54, 1.807) is 0 Å². The van der Waals surface area contributed by atoms with E-state index in [-0.39, 0.29) is 0 Å². The normalized spacial score (nSPS) is 11.1. The molecule has 0 aliphatic carbocycles. The van der Waals surface area contributed by atoms with Gasteiger partial charge in [-0.3, -0.25) is 0 Å². The highest BCUT2D eigenvalue weighted by Gasteiger charge is 2.13. The summed E-state index contributed by atoms with van der Waals surface area (Å²) in [6.07, 6.45) is 0. The molecule has 5 heteroatoms. The molecule has 0 saturated heterocycles. The maximum Gasteiger partial charge on any atom is 0.147 e. The number of fused-ring (bicyclic) bond motifs is 1. The predicted molar refractivity (Wildman–Crippen MR) is 77.0 cm³/mol. The summed E-state index contributed by atoms with van der Waals surface area (Å²) < 4.78 is 13.1. The first-order valence-corrected chi connectivity index (χ1v) is 7.09. The summed E-state index contributed by atoms with van der Waals surface area (Å²) in [7, 11) is 0. The number of aromatic nitrogens is 2. The molecule has 0 radical (unpaired) electrons. The Hall–Kier alpha value is -1.26. The number of imidazole rings is 1. The smallest absolute Gasteiger partial charge is 0.147 e. The largest absolute Gasteiger partial charge is 0.492 e. The highest BCUT2D eigenvalue weighted by Crippen LogP contribution is 2.26. The number of hydrogen-bond acceptors (Lipinski definition) is 3. The summed E-state index contributed by atoms with van der Waals surface area (Å²) in [4.78, 5) is 4.58. The van der Waals surface area contributed by atoms with Crippen molar-refractivity contribution in [2.24, 2.45) is 0 Å². The van der Waals surface area contributed by atoms with Crippen molar-refractivity contribution in [1.29, 1.82) is 0 Å². The van der Waals surface area contributed by atoms with Gasteiger partial charge in [0.25, 0.3) is 0 Å². The fourth-order valence-corrected chi connectivity index (χ4v) is 2.30. The lowest BCUT2D eigenvalue weighted by Gasteiger charge is -2.08. The number of nitrogens with zero attached hydrogens (tertiary/aromatic N) is 2. The Morgan fingerprint density at radius 2 is 2.11 bits per heavy atom. The van der Waals surface area contributed by atoms with E-state index >= 15 is 0 Å². The quantitative estimate of drug-likeness (QED) is 0.578. The molecule has 0 amide bonds. The Kier molecular flexibility index (Phi) is 5.05. The van der Waals surface area contributed by atoms with Gasteiger partial charge in [0.05, 0.1) is 24.6 Å². The highest BCUT2D eigenvalue weighted by molar-refractivity contribution is 6.16. The van der Waals surface area contributed by atoms with Crippen molar-refractivity contribution in [3.05, 3.63) is 24.0 Å². The van der Waals surface area contributed by atoms with Crippen LogP contribution in [0.25, 0.3) is 11.0 Å². The van der Waals surface area contributed by atoms with Crippen LogP contribution in [0.3, 0.4) is 0 Å². The van der Waals surface area contributed by atoms with Crippen LogP contribution in [-0.2, 0) is 17.2 Å². The van der Waals surface area contributed by atoms with Crippen LogP contribution >= 0.6 is 11.6 Å². The number of alkyl halides is 1. The molecule has 104 valence electrons. The van der Waals surface area contributed by atoms with Crippen LogP contribution in [0.2, 0.25) is 0 Å². The van der Waals surface area contributed by atoms with Crippen LogP contribution < -0.4 is 4.74 Å². The van der Waals surface area contributed by atoms with Crippen molar-refractivity contribution < 1.29 is 9.47 Å². The van der Waals surface area contributed by atoms with Crippen LogP contribution in [0, 0.1) is 0 Å². The van der Waals surface area contributed by atoms with Crippen LogP contribution in [0.15, 0.2) is 18.2 Å². The topological polar surface area (TPSA) is 36.3 Å². The number of benzene rings is 1. The average molecular weight is 283 g/mol. The molecule has 0 saturated carbocycles. The van der Waals surface area contributed by atoms with Crippen molar-refractivity contribution >= 4 is 22.6 Å². The number of hydrogen-bond donors (Lipinski definition) is 0. The summed E-state index contributed by atoms with van der Waals surface area (Å²) in [5.41, 5.74) is 1.91. The Bertz CT molecular complexity index is 539. The summed E-state index contributed by atoms with van der Waals surface area (Å²) >= 11 is 5.98. The minimum atomic E-state index is 0.381. The Morgan fingerprint density at radius 3 is 2.79 bits per heavy atom. The maximum absolute atomic E-state index is 5.98. The second kappa shape index (κ2) is 6.78. The van der Waals surface area contributed by atoms with E-state index in [1.807, 2.05) is 32.0 Å². The van der Waals surface area contributed by atoms with Gasteiger partial charge in [-0.2, -0.15) is 0 Å². The number of rotatable bonds is 7. The summed E-state index contributed by atoms with van der Waals surface area (Å²) in [6, 6.07) is 5.95. The number of halogens is 1. The molecule has 19 heavy (non-hydrogen) atoms. The summed E-state index contributed by atoms with van der Waals surface area (Å²) in [6.45, 7) is 6.70. The standard InChI is InChI=1S/C14H19ClN2O2/c1-3-18-9-8-17-11-6-5-7-12(19-4-2)14(11)16-13(17)10-15/h5-7H,3-4,8-10H2,1-2H3. The molecule has 1 aromatic carbocycles. The fourth-order valence-electron chi connectivity index (χ4n) is 2.09. The molecule has 0 bridgehead atoms. The number of ether oxygens (including phenoxy) is 2. The van der Waals surface area contributed by atoms with Crippen LogP contribution in [-0.4, -0.2) is 29.4 Å². The molecule has 0 unspecified atom stereocenters. The van der Waals surface area contributed by atoms with Crippen LogP contribution in [0.5, 0.6) is 5.75 Å². The molecular weight excluding hydrogens is 264 g/mol. The summed E-state index contributed by atoms with van der Waals surface area (Å²) in [5, 5.41) is 0. The van der Waals surface area contributed by atoms with Gasteiger partial charge in [0.2, 0.25) is 0 Å². The van der Waals surface area contributed by atoms with Gasteiger partial charge in [-0.1, -0.05) is 6.07 Å².